The first-order valence-electron chi connectivity index (χ1n) is 7.01. The van der Waals surface area contributed by atoms with Crippen molar-refractivity contribution in [2.75, 3.05) is 25.5 Å². The smallest absolute Gasteiger partial charge is 0.319 e. The molecule has 8 nitrogen and oxygen atoms in total. The molecule has 0 spiro atoms. The lowest BCUT2D eigenvalue weighted by atomic mass is 10.2. The Labute approximate surface area is 136 Å². The molecular formula is C14H15N5O3S. The van der Waals surface area contributed by atoms with Gasteiger partial charge in [0.2, 0.25) is 0 Å². The molecule has 3 heterocycles. The van der Waals surface area contributed by atoms with Gasteiger partial charge in [-0.2, -0.15) is 0 Å². The summed E-state index contributed by atoms with van der Waals surface area (Å²) in [5.41, 5.74) is 1.21. The summed E-state index contributed by atoms with van der Waals surface area (Å²) in [4.78, 5) is 38.7. The van der Waals surface area contributed by atoms with E-state index in [1.807, 2.05) is 4.90 Å². The minimum absolute atomic E-state index is 0.244. The molecule has 0 fully saturated rings. The van der Waals surface area contributed by atoms with Crippen LogP contribution < -0.4 is 5.32 Å². The minimum Gasteiger partial charge on any atom is -0.468 e. The molecule has 0 radical (unpaired) electrons. The quantitative estimate of drug-likeness (QED) is 0.823. The van der Waals surface area contributed by atoms with Gasteiger partial charge in [0.05, 0.1) is 25.5 Å². The predicted octanol–water partition coefficient (Wildman–Crippen LogP) is 0.716. The summed E-state index contributed by atoms with van der Waals surface area (Å²) < 4.78 is 4.69. The molecule has 0 atom stereocenters. The van der Waals surface area contributed by atoms with Gasteiger partial charge in [0.25, 0.3) is 5.91 Å². The maximum atomic E-state index is 12.1. The number of methoxy groups -OCH3 is 1. The molecule has 0 aromatic carbocycles. The molecule has 0 bridgehead atoms. The lowest BCUT2D eigenvalue weighted by Gasteiger charge is -2.24. The first-order valence-corrected chi connectivity index (χ1v) is 7.82. The largest absolute Gasteiger partial charge is 0.468 e. The van der Waals surface area contributed by atoms with E-state index in [0.717, 1.165) is 23.5 Å². The first kappa shape index (κ1) is 15.5. The van der Waals surface area contributed by atoms with Gasteiger partial charge >= 0.3 is 5.97 Å². The summed E-state index contributed by atoms with van der Waals surface area (Å²) >= 11 is 1.41. The fourth-order valence-corrected chi connectivity index (χ4v) is 3.31. The Morgan fingerprint density at radius 3 is 3.04 bits per heavy atom. The zero-order valence-corrected chi connectivity index (χ0v) is 13.3. The molecule has 2 aromatic rings. The Kier molecular flexibility index (Phi) is 4.58. The van der Waals surface area contributed by atoms with Crippen molar-refractivity contribution >= 4 is 28.3 Å². The molecule has 23 heavy (non-hydrogen) atoms. The maximum absolute atomic E-state index is 12.1. The van der Waals surface area contributed by atoms with Crippen molar-refractivity contribution in [1.29, 1.82) is 0 Å². The number of anilines is 1. The van der Waals surface area contributed by atoms with Crippen LogP contribution in [0.25, 0.3) is 0 Å². The number of esters is 1. The van der Waals surface area contributed by atoms with Crippen molar-refractivity contribution in [2.24, 2.45) is 0 Å². The third kappa shape index (κ3) is 3.69. The molecule has 0 saturated carbocycles. The van der Waals surface area contributed by atoms with Crippen LogP contribution in [-0.4, -0.2) is 51.9 Å². The molecule has 1 aliphatic heterocycles. The van der Waals surface area contributed by atoms with Crippen LogP contribution in [0.5, 0.6) is 0 Å². The summed E-state index contributed by atoms with van der Waals surface area (Å²) in [5, 5.41) is 3.27. The molecule has 9 heteroatoms. The van der Waals surface area contributed by atoms with Crippen LogP contribution in [0.3, 0.4) is 0 Å². The Bertz CT molecular complexity index is 718. The Morgan fingerprint density at radius 1 is 1.43 bits per heavy atom. The van der Waals surface area contributed by atoms with Crippen molar-refractivity contribution in [3.05, 3.63) is 34.9 Å². The van der Waals surface area contributed by atoms with Crippen LogP contribution in [0.2, 0.25) is 0 Å². The lowest BCUT2D eigenvalue weighted by molar-refractivity contribution is -0.142. The molecule has 1 amide bonds. The van der Waals surface area contributed by atoms with E-state index in [-0.39, 0.29) is 24.1 Å². The van der Waals surface area contributed by atoms with Gasteiger partial charge in [0.15, 0.2) is 5.13 Å². The second-order valence-electron chi connectivity index (χ2n) is 4.97. The van der Waals surface area contributed by atoms with Crippen LogP contribution in [0, 0.1) is 0 Å². The highest BCUT2D eigenvalue weighted by atomic mass is 32.1. The van der Waals surface area contributed by atoms with Gasteiger partial charge < -0.3 is 4.74 Å². The number of carbonyl (C=O) groups is 2. The number of aromatic nitrogens is 3. The normalized spacial score (nSPS) is 14.1. The summed E-state index contributed by atoms with van der Waals surface area (Å²) in [7, 11) is 1.38. The van der Waals surface area contributed by atoms with Gasteiger partial charge in [0.1, 0.15) is 5.69 Å². The SMILES string of the molecule is COC(=O)CN1CCc2nc(NC(=O)c3cnccn3)sc2C1. The number of hydrogen-bond acceptors (Lipinski definition) is 8. The summed E-state index contributed by atoms with van der Waals surface area (Å²) in [6.07, 6.45) is 5.12. The number of nitrogens with one attached hydrogen (secondary N) is 1. The Morgan fingerprint density at radius 2 is 2.30 bits per heavy atom. The third-order valence-corrected chi connectivity index (χ3v) is 4.40. The summed E-state index contributed by atoms with van der Waals surface area (Å²) in [6.45, 7) is 1.63. The fraction of sp³-hybridized carbons (Fsp3) is 0.357. The highest BCUT2D eigenvalue weighted by Gasteiger charge is 2.23. The standard InChI is InChI=1S/C14H15N5O3S/c1-22-12(20)8-19-5-2-9-11(7-19)23-14(17-9)18-13(21)10-6-15-3-4-16-10/h3-4,6H,2,5,7-8H2,1H3,(H,17,18,21). The van der Waals surface area contributed by atoms with Crippen molar-refractivity contribution in [3.8, 4) is 0 Å². The van der Waals surface area contributed by atoms with E-state index in [9.17, 15) is 9.59 Å². The molecule has 0 unspecified atom stereocenters. The van der Waals surface area contributed by atoms with Crippen LogP contribution in [0.15, 0.2) is 18.6 Å². The number of fused-ring (bicyclic) bond motifs is 1. The fourth-order valence-electron chi connectivity index (χ4n) is 2.26. The molecule has 3 rings (SSSR count). The second-order valence-corrected chi connectivity index (χ2v) is 6.05. The van der Waals surface area contributed by atoms with Crippen molar-refractivity contribution in [2.45, 2.75) is 13.0 Å². The van der Waals surface area contributed by atoms with E-state index in [2.05, 4.69) is 25.0 Å². The molecular weight excluding hydrogens is 318 g/mol. The van der Waals surface area contributed by atoms with Gasteiger partial charge in [-0.3, -0.25) is 24.8 Å². The minimum atomic E-state index is -0.337. The van der Waals surface area contributed by atoms with Gasteiger partial charge in [-0.15, -0.1) is 11.3 Å². The van der Waals surface area contributed by atoms with Gasteiger partial charge in [-0.1, -0.05) is 0 Å². The van der Waals surface area contributed by atoms with Gasteiger partial charge in [-0.25, -0.2) is 9.97 Å². The van der Waals surface area contributed by atoms with E-state index in [1.165, 1.54) is 37.0 Å². The van der Waals surface area contributed by atoms with Crippen LogP contribution in [0.4, 0.5) is 5.13 Å². The van der Waals surface area contributed by atoms with E-state index in [4.69, 9.17) is 0 Å². The van der Waals surface area contributed by atoms with Gasteiger partial charge in [-0.05, 0) is 0 Å². The van der Waals surface area contributed by atoms with Crippen LogP contribution in [-0.2, 0) is 22.5 Å². The second kappa shape index (κ2) is 6.80. The third-order valence-electron chi connectivity index (χ3n) is 3.41. The highest BCUT2D eigenvalue weighted by Crippen LogP contribution is 2.28. The van der Waals surface area contributed by atoms with E-state index < -0.39 is 0 Å². The van der Waals surface area contributed by atoms with Gasteiger partial charge in [0, 0.05) is 36.8 Å². The molecule has 2 aromatic heterocycles. The number of ether oxygens (including phenoxy) is 1. The highest BCUT2D eigenvalue weighted by molar-refractivity contribution is 7.15. The number of rotatable bonds is 4. The Balaban J connectivity index is 1.66. The average Bonchev–Trinajstić information content (AvgIpc) is 2.97. The molecule has 1 aliphatic rings. The van der Waals surface area contributed by atoms with Crippen molar-refractivity contribution in [1.82, 2.24) is 19.9 Å². The van der Waals surface area contributed by atoms with Crippen LogP contribution >= 0.6 is 11.3 Å². The number of hydrogen-bond donors (Lipinski definition) is 1. The van der Waals surface area contributed by atoms with Crippen molar-refractivity contribution in [3.63, 3.8) is 0 Å². The topological polar surface area (TPSA) is 97.3 Å². The first-order chi connectivity index (χ1) is 11.2. The predicted molar refractivity (Wildman–Crippen MR) is 83.1 cm³/mol. The molecule has 0 saturated heterocycles. The monoisotopic (exact) mass is 333 g/mol. The molecule has 120 valence electrons. The number of thiazole rings is 1. The Hall–Kier alpha value is -2.39. The number of nitrogens with zero attached hydrogens (tertiary/aromatic N) is 4. The van der Waals surface area contributed by atoms with E-state index in [0.29, 0.717) is 11.7 Å². The number of carbonyl (C=O) groups excluding carboxylic acids is 2. The molecule has 0 aliphatic carbocycles. The zero-order valence-electron chi connectivity index (χ0n) is 12.5. The molecule has 1 N–H and O–H groups in total. The van der Waals surface area contributed by atoms with E-state index >= 15 is 0 Å². The lowest BCUT2D eigenvalue weighted by Crippen LogP contribution is -2.34. The number of amides is 1. The average molecular weight is 333 g/mol. The van der Waals surface area contributed by atoms with E-state index in [1.54, 1.807) is 0 Å². The summed E-state index contributed by atoms with van der Waals surface area (Å²) in [6, 6.07) is 0. The van der Waals surface area contributed by atoms with Crippen molar-refractivity contribution < 1.29 is 14.3 Å². The van der Waals surface area contributed by atoms with Crippen LogP contribution in [0.1, 0.15) is 21.1 Å². The summed E-state index contributed by atoms with van der Waals surface area (Å²) in [5.74, 6) is -0.593. The zero-order chi connectivity index (χ0) is 16.2. The maximum Gasteiger partial charge on any atom is 0.319 e.